The van der Waals surface area contributed by atoms with Crippen molar-refractivity contribution in [2.45, 2.75) is 13.5 Å². The van der Waals surface area contributed by atoms with Crippen LogP contribution in [0, 0.1) is 6.92 Å². The Morgan fingerprint density at radius 2 is 2.22 bits per heavy atom. The summed E-state index contributed by atoms with van der Waals surface area (Å²) < 4.78 is 7.28. The second-order valence-electron chi connectivity index (χ2n) is 4.91. The third kappa shape index (κ3) is 3.03. The lowest BCUT2D eigenvalue weighted by atomic mass is 10.3. The third-order valence-corrected chi connectivity index (χ3v) is 3.12. The van der Waals surface area contributed by atoms with Crippen molar-refractivity contribution in [1.82, 2.24) is 24.5 Å². The van der Waals surface area contributed by atoms with Gasteiger partial charge in [-0.3, -0.25) is 14.3 Å². The fraction of sp³-hybridized carbons (Fsp3) is 0.214. The Hall–Kier alpha value is -3.23. The minimum atomic E-state index is -0.425. The highest BCUT2D eigenvalue weighted by atomic mass is 16.5. The molecule has 3 aromatic rings. The maximum absolute atomic E-state index is 12.2. The standard InChI is InChI=1S/C14H14N6O3/c1-9-7-11(18-23-9)16-12(21)8-20-14(22)19(2)13(17-20)10-5-3-4-6-15-10/h3-7H,8H2,1-2H3,(H,16,18,21). The molecule has 0 saturated heterocycles. The van der Waals surface area contributed by atoms with Crippen molar-refractivity contribution < 1.29 is 9.32 Å². The Bertz CT molecular complexity index is 893. The van der Waals surface area contributed by atoms with E-state index in [1.807, 2.05) is 0 Å². The molecule has 0 radical (unpaired) electrons. The number of aromatic nitrogens is 5. The van der Waals surface area contributed by atoms with Crippen molar-refractivity contribution in [2.75, 3.05) is 5.32 Å². The molecule has 3 rings (SSSR count). The van der Waals surface area contributed by atoms with Gasteiger partial charge in [0.2, 0.25) is 5.91 Å². The van der Waals surface area contributed by atoms with Gasteiger partial charge in [0, 0.05) is 19.3 Å². The highest BCUT2D eigenvalue weighted by molar-refractivity contribution is 5.89. The van der Waals surface area contributed by atoms with Gasteiger partial charge in [-0.05, 0) is 19.1 Å². The fourth-order valence-electron chi connectivity index (χ4n) is 2.05. The van der Waals surface area contributed by atoms with E-state index in [9.17, 15) is 9.59 Å². The molecule has 118 valence electrons. The quantitative estimate of drug-likeness (QED) is 0.754. The lowest BCUT2D eigenvalue weighted by molar-refractivity contribution is -0.117. The van der Waals surface area contributed by atoms with Gasteiger partial charge in [0.1, 0.15) is 18.0 Å². The number of pyridine rings is 1. The van der Waals surface area contributed by atoms with Crippen molar-refractivity contribution in [3.8, 4) is 11.5 Å². The molecule has 1 N–H and O–H groups in total. The van der Waals surface area contributed by atoms with E-state index in [1.165, 1.54) is 4.57 Å². The van der Waals surface area contributed by atoms with Gasteiger partial charge in [-0.15, -0.1) is 5.10 Å². The average Bonchev–Trinajstić information content (AvgIpc) is 3.06. The molecule has 3 aromatic heterocycles. The molecule has 0 saturated carbocycles. The number of nitrogens with zero attached hydrogens (tertiary/aromatic N) is 5. The number of hydrogen-bond donors (Lipinski definition) is 1. The summed E-state index contributed by atoms with van der Waals surface area (Å²) in [7, 11) is 1.58. The Morgan fingerprint density at radius 1 is 1.39 bits per heavy atom. The maximum Gasteiger partial charge on any atom is 0.346 e. The monoisotopic (exact) mass is 314 g/mol. The Morgan fingerprint density at radius 3 is 2.87 bits per heavy atom. The van der Waals surface area contributed by atoms with Crippen LogP contribution in [-0.4, -0.2) is 30.4 Å². The van der Waals surface area contributed by atoms with Gasteiger partial charge >= 0.3 is 5.69 Å². The van der Waals surface area contributed by atoms with Gasteiger partial charge in [-0.2, -0.15) is 0 Å². The summed E-state index contributed by atoms with van der Waals surface area (Å²) in [6.07, 6.45) is 1.61. The minimum Gasteiger partial charge on any atom is -0.360 e. The number of hydrogen-bond acceptors (Lipinski definition) is 6. The molecule has 3 heterocycles. The Kier molecular flexibility index (Phi) is 3.75. The molecule has 1 amide bonds. The molecule has 0 aliphatic rings. The van der Waals surface area contributed by atoms with Crippen LogP contribution in [0.4, 0.5) is 5.82 Å². The molecule has 0 spiro atoms. The lowest BCUT2D eigenvalue weighted by Crippen LogP contribution is -2.29. The third-order valence-electron chi connectivity index (χ3n) is 3.12. The predicted molar refractivity (Wildman–Crippen MR) is 80.6 cm³/mol. The normalized spacial score (nSPS) is 10.7. The predicted octanol–water partition coefficient (Wildman–Crippen LogP) is 0.579. The zero-order chi connectivity index (χ0) is 16.4. The number of aryl methyl sites for hydroxylation is 1. The summed E-state index contributed by atoms with van der Waals surface area (Å²) in [4.78, 5) is 28.3. The minimum absolute atomic E-state index is 0.231. The van der Waals surface area contributed by atoms with Crippen molar-refractivity contribution in [1.29, 1.82) is 0 Å². The van der Waals surface area contributed by atoms with Crippen LogP contribution < -0.4 is 11.0 Å². The van der Waals surface area contributed by atoms with Crippen molar-refractivity contribution in [2.24, 2.45) is 7.05 Å². The molecule has 0 aliphatic carbocycles. The molecule has 0 atom stereocenters. The lowest BCUT2D eigenvalue weighted by Gasteiger charge is -1.99. The second kappa shape index (κ2) is 5.87. The van der Waals surface area contributed by atoms with Crippen LogP contribution in [0.2, 0.25) is 0 Å². The maximum atomic E-state index is 12.2. The second-order valence-corrected chi connectivity index (χ2v) is 4.91. The number of amides is 1. The molecule has 0 unspecified atom stereocenters. The summed E-state index contributed by atoms with van der Waals surface area (Å²) in [5, 5.41) is 10.4. The topological polar surface area (TPSA) is 108 Å². The molecule has 0 aliphatic heterocycles. The summed E-state index contributed by atoms with van der Waals surface area (Å²) >= 11 is 0. The van der Waals surface area contributed by atoms with Gasteiger partial charge in [-0.1, -0.05) is 11.2 Å². The van der Waals surface area contributed by atoms with Gasteiger partial charge in [0.05, 0.1) is 0 Å². The number of nitrogens with one attached hydrogen (secondary N) is 1. The first-order valence-corrected chi connectivity index (χ1v) is 6.83. The van der Waals surface area contributed by atoms with E-state index in [0.29, 0.717) is 23.1 Å². The highest BCUT2D eigenvalue weighted by Gasteiger charge is 2.15. The summed E-state index contributed by atoms with van der Waals surface area (Å²) in [5.74, 6) is 0.834. The van der Waals surface area contributed by atoms with Crippen LogP contribution in [0.1, 0.15) is 5.76 Å². The van der Waals surface area contributed by atoms with E-state index in [0.717, 1.165) is 4.68 Å². The first-order valence-electron chi connectivity index (χ1n) is 6.83. The molecule has 23 heavy (non-hydrogen) atoms. The summed E-state index contributed by atoms with van der Waals surface area (Å²) in [6, 6.07) is 6.89. The van der Waals surface area contributed by atoms with Crippen molar-refractivity contribution in [3.63, 3.8) is 0 Å². The van der Waals surface area contributed by atoms with Gasteiger partial charge in [0.25, 0.3) is 0 Å². The van der Waals surface area contributed by atoms with Crippen molar-refractivity contribution in [3.05, 3.63) is 46.7 Å². The highest BCUT2D eigenvalue weighted by Crippen LogP contribution is 2.10. The molecule has 0 bridgehead atoms. The van der Waals surface area contributed by atoms with Gasteiger partial charge < -0.3 is 9.84 Å². The number of carbonyl (C=O) groups is 1. The van der Waals surface area contributed by atoms with Gasteiger partial charge in [-0.25, -0.2) is 9.48 Å². The van der Waals surface area contributed by atoms with E-state index in [-0.39, 0.29) is 6.54 Å². The van der Waals surface area contributed by atoms with E-state index >= 15 is 0 Å². The first kappa shape index (κ1) is 14.7. The van der Waals surface area contributed by atoms with E-state index in [1.54, 1.807) is 44.4 Å². The molecule has 0 aromatic carbocycles. The van der Waals surface area contributed by atoms with Crippen LogP contribution in [0.15, 0.2) is 39.8 Å². The molecular formula is C14H14N6O3. The molecular weight excluding hydrogens is 300 g/mol. The fourth-order valence-corrected chi connectivity index (χ4v) is 2.05. The number of anilines is 1. The first-order chi connectivity index (χ1) is 11.0. The van der Waals surface area contributed by atoms with E-state index in [2.05, 4.69) is 20.6 Å². The summed E-state index contributed by atoms with van der Waals surface area (Å²) in [5.41, 5.74) is 0.149. The van der Waals surface area contributed by atoms with Crippen LogP contribution in [-0.2, 0) is 18.4 Å². The Labute approximate surface area is 130 Å². The largest absolute Gasteiger partial charge is 0.360 e. The number of rotatable bonds is 4. The smallest absolute Gasteiger partial charge is 0.346 e. The van der Waals surface area contributed by atoms with Crippen LogP contribution in [0.5, 0.6) is 0 Å². The van der Waals surface area contributed by atoms with E-state index in [4.69, 9.17) is 4.52 Å². The van der Waals surface area contributed by atoms with E-state index < -0.39 is 11.6 Å². The van der Waals surface area contributed by atoms with Crippen LogP contribution >= 0.6 is 0 Å². The number of carbonyl (C=O) groups excluding carboxylic acids is 1. The zero-order valence-electron chi connectivity index (χ0n) is 12.6. The average molecular weight is 314 g/mol. The zero-order valence-corrected chi connectivity index (χ0v) is 12.6. The summed E-state index contributed by atoms with van der Waals surface area (Å²) in [6.45, 7) is 1.48. The van der Waals surface area contributed by atoms with Crippen LogP contribution in [0.25, 0.3) is 11.5 Å². The van der Waals surface area contributed by atoms with Crippen LogP contribution in [0.3, 0.4) is 0 Å². The molecule has 9 nitrogen and oxygen atoms in total. The SMILES string of the molecule is Cc1cc(NC(=O)Cn2nc(-c3ccccn3)n(C)c2=O)no1. The molecule has 9 heteroatoms. The molecule has 0 fully saturated rings. The van der Waals surface area contributed by atoms with Crippen molar-refractivity contribution >= 4 is 11.7 Å². The Balaban J connectivity index is 1.81. The van der Waals surface area contributed by atoms with Gasteiger partial charge in [0.15, 0.2) is 11.6 Å².